The van der Waals surface area contributed by atoms with Crippen LogP contribution in [0.15, 0.2) is 24.5 Å². The van der Waals surface area contributed by atoms with E-state index in [0.29, 0.717) is 0 Å². The number of aromatic nitrogens is 3. The number of halogens is 4. The predicted octanol–water partition coefficient (Wildman–Crippen LogP) is 3.15. The van der Waals surface area contributed by atoms with Crippen LogP contribution in [0.2, 0.25) is 5.02 Å². The molecule has 0 radical (unpaired) electrons. The number of hydrogen-bond acceptors (Lipinski definition) is 2. The molecule has 1 heterocycles. The van der Waals surface area contributed by atoms with Crippen molar-refractivity contribution in [2.24, 2.45) is 7.05 Å². The summed E-state index contributed by atoms with van der Waals surface area (Å²) in [5.74, 6) is 0.231. The Kier molecular flexibility index (Phi) is 2.82. The van der Waals surface area contributed by atoms with Gasteiger partial charge >= 0.3 is 6.18 Å². The molecule has 3 nitrogen and oxygen atoms in total. The van der Waals surface area contributed by atoms with Gasteiger partial charge in [-0.15, -0.1) is 0 Å². The van der Waals surface area contributed by atoms with Crippen LogP contribution in [0.1, 0.15) is 5.56 Å². The first kappa shape index (κ1) is 11.9. The molecule has 0 atom stereocenters. The minimum atomic E-state index is -4.48. The predicted molar refractivity (Wildman–Crippen MR) is 56.5 cm³/mol. The lowest BCUT2D eigenvalue weighted by Crippen LogP contribution is -2.06. The normalized spacial score (nSPS) is 11.8. The molecule has 2 aromatic rings. The zero-order valence-corrected chi connectivity index (χ0v) is 9.42. The van der Waals surface area contributed by atoms with E-state index in [9.17, 15) is 13.2 Å². The first-order valence-electron chi connectivity index (χ1n) is 4.60. The molecule has 0 fully saturated rings. The van der Waals surface area contributed by atoms with Crippen molar-refractivity contribution in [3.63, 3.8) is 0 Å². The highest BCUT2D eigenvalue weighted by molar-refractivity contribution is 6.31. The maximum absolute atomic E-state index is 12.6. The fourth-order valence-electron chi connectivity index (χ4n) is 1.35. The van der Waals surface area contributed by atoms with Gasteiger partial charge in [-0.1, -0.05) is 11.6 Å². The number of rotatable bonds is 1. The van der Waals surface area contributed by atoms with Gasteiger partial charge in [-0.2, -0.15) is 18.3 Å². The first-order chi connectivity index (χ1) is 7.88. The average molecular weight is 262 g/mol. The molecule has 0 aliphatic heterocycles. The molecule has 2 rings (SSSR count). The molecule has 0 amide bonds. The van der Waals surface area contributed by atoms with Crippen LogP contribution in [0.5, 0.6) is 0 Å². The summed E-state index contributed by atoms with van der Waals surface area (Å²) < 4.78 is 39.3. The molecular formula is C10H7ClF3N3. The van der Waals surface area contributed by atoms with Gasteiger partial charge in [-0.3, -0.25) is 4.68 Å². The lowest BCUT2D eigenvalue weighted by molar-refractivity contribution is -0.137. The van der Waals surface area contributed by atoms with Gasteiger partial charge in [0.05, 0.1) is 10.6 Å². The molecule has 0 aliphatic rings. The summed E-state index contributed by atoms with van der Waals surface area (Å²) in [7, 11) is 1.64. The van der Waals surface area contributed by atoms with Gasteiger partial charge in [0.15, 0.2) is 5.82 Å². The molecule has 90 valence electrons. The van der Waals surface area contributed by atoms with E-state index in [-0.39, 0.29) is 16.4 Å². The Hall–Kier alpha value is -1.56. The average Bonchev–Trinajstić information content (AvgIpc) is 2.64. The van der Waals surface area contributed by atoms with Crippen molar-refractivity contribution in [2.45, 2.75) is 6.18 Å². The van der Waals surface area contributed by atoms with E-state index in [4.69, 9.17) is 11.6 Å². The first-order valence-corrected chi connectivity index (χ1v) is 4.98. The Bertz CT molecular complexity index is 548. The largest absolute Gasteiger partial charge is 0.417 e. The van der Waals surface area contributed by atoms with E-state index >= 15 is 0 Å². The number of aryl methyl sites for hydroxylation is 1. The number of hydrogen-bond donors (Lipinski definition) is 0. The summed E-state index contributed by atoms with van der Waals surface area (Å²) >= 11 is 5.51. The summed E-state index contributed by atoms with van der Waals surface area (Å²) in [5.41, 5.74) is -0.605. The Balaban J connectivity index is 2.51. The van der Waals surface area contributed by atoms with Crippen molar-refractivity contribution in [2.75, 3.05) is 0 Å². The van der Waals surface area contributed by atoms with Crippen LogP contribution < -0.4 is 0 Å². The lowest BCUT2D eigenvalue weighted by atomic mass is 10.1. The highest BCUT2D eigenvalue weighted by Gasteiger charge is 2.33. The molecule has 7 heteroatoms. The minimum Gasteiger partial charge on any atom is -0.255 e. The van der Waals surface area contributed by atoms with Crippen LogP contribution >= 0.6 is 11.6 Å². The summed E-state index contributed by atoms with van der Waals surface area (Å²) in [6.45, 7) is 0. The van der Waals surface area contributed by atoms with E-state index in [1.807, 2.05) is 0 Å². The monoisotopic (exact) mass is 261 g/mol. The fraction of sp³-hybridized carbons (Fsp3) is 0.200. The van der Waals surface area contributed by atoms with Gasteiger partial charge < -0.3 is 0 Å². The SMILES string of the molecule is Cn1cnc(-c2ccc(Cl)c(C(F)(F)F)c2)n1. The molecule has 0 N–H and O–H groups in total. The molecule has 0 aliphatic carbocycles. The topological polar surface area (TPSA) is 30.7 Å². The molecule has 0 unspecified atom stereocenters. The summed E-state index contributed by atoms with van der Waals surface area (Å²) in [6, 6.07) is 3.58. The molecule has 0 bridgehead atoms. The Labute approximate surface area is 99.8 Å². The molecule has 0 saturated heterocycles. The van der Waals surface area contributed by atoms with Crippen molar-refractivity contribution in [3.05, 3.63) is 35.1 Å². The standard InChI is InChI=1S/C10H7ClF3N3/c1-17-5-15-9(16-17)6-2-3-8(11)7(4-6)10(12,13)14/h2-5H,1H3. The second-order valence-corrected chi connectivity index (χ2v) is 3.84. The van der Waals surface area contributed by atoms with Crippen LogP contribution in [-0.4, -0.2) is 14.8 Å². The number of benzene rings is 1. The van der Waals surface area contributed by atoms with Crippen LogP contribution in [0.4, 0.5) is 13.2 Å². The summed E-state index contributed by atoms with van der Waals surface area (Å²) in [6.07, 6.45) is -3.07. The lowest BCUT2D eigenvalue weighted by Gasteiger charge is -2.09. The maximum Gasteiger partial charge on any atom is 0.417 e. The van der Waals surface area contributed by atoms with E-state index in [1.165, 1.54) is 23.1 Å². The van der Waals surface area contributed by atoms with Gasteiger partial charge in [0.25, 0.3) is 0 Å². The smallest absolute Gasteiger partial charge is 0.255 e. The minimum absolute atomic E-state index is 0.231. The second-order valence-electron chi connectivity index (χ2n) is 3.43. The third kappa shape index (κ3) is 2.41. The Morgan fingerprint density at radius 2 is 2.00 bits per heavy atom. The van der Waals surface area contributed by atoms with Gasteiger partial charge in [0, 0.05) is 12.6 Å². The molecule has 1 aromatic carbocycles. The van der Waals surface area contributed by atoms with Gasteiger partial charge in [0.1, 0.15) is 6.33 Å². The third-order valence-corrected chi connectivity index (χ3v) is 2.46. The van der Waals surface area contributed by atoms with Crippen LogP contribution in [0.3, 0.4) is 0 Å². The zero-order valence-electron chi connectivity index (χ0n) is 8.66. The maximum atomic E-state index is 12.6. The summed E-state index contributed by atoms with van der Waals surface area (Å²) in [5, 5.41) is 3.59. The Morgan fingerprint density at radius 3 is 2.53 bits per heavy atom. The van der Waals surface area contributed by atoms with Crippen LogP contribution in [0, 0.1) is 0 Å². The van der Waals surface area contributed by atoms with Crippen LogP contribution in [0.25, 0.3) is 11.4 Å². The molecule has 17 heavy (non-hydrogen) atoms. The Morgan fingerprint density at radius 1 is 1.29 bits per heavy atom. The number of nitrogens with zero attached hydrogens (tertiary/aromatic N) is 3. The molecule has 1 aromatic heterocycles. The molecular weight excluding hydrogens is 255 g/mol. The zero-order chi connectivity index (χ0) is 12.6. The van der Waals surface area contributed by atoms with E-state index in [2.05, 4.69) is 10.1 Å². The fourth-order valence-corrected chi connectivity index (χ4v) is 1.58. The second kappa shape index (κ2) is 4.03. The highest BCUT2D eigenvalue weighted by atomic mass is 35.5. The van der Waals surface area contributed by atoms with Gasteiger partial charge in [-0.25, -0.2) is 4.98 Å². The van der Waals surface area contributed by atoms with Crippen molar-refractivity contribution < 1.29 is 13.2 Å². The summed E-state index contributed by atoms with van der Waals surface area (Å²) in [4.78, 5) is 3.88. The van der Waals surface area contributed by atoms with Gasteiger partial charge in [0.2, 0.25) is 0 Å². The van der Waals surface area contributed by atoms with Crippen molar-refractivity contribution in [1.29, 1.82) is 0 Å². The van der Waals surface area contributed by atoms with E-state index in [1.54, 1.807) is 7.05 Å². The van der Waals surface area contributed by atoms with E-state index in [0.717, 1.165) is 6.07 Å². The quantitative estimate of drug-likeness (QED) is 0.789. The highest BCUT2D eigenvalue weighted by Crippen LogP contribution is 2.36. The third-order valence-electron chi connectivity index (χ3n) is 2.13. The van der Waals surface area contributed by atoms with Gasteiger partial charge in [-0.05, 0) is 18.2 Å². The molecule has 0 spiro atoms. The van der Waals surface area contributed by atoms with Crippen molar-refractivity contribution >= 4 is 11.6 Å². The van der Waals surface area contributed by atoms with Crippen LogP contribution in [-0.2, 0) is 13.2 Å². The number of alkyl halides is 3. The van der Waals surface area contributed by atoms with Crippen molar-refractivity contribution in [3.8, 4) is 11.4 Å². The molecule has 0 saturated carbocycles. The van der Waals surface area contributed by atoms with Crippen molar-refractivity contribution in [1.82, 2.24) is 14.8 Å². The van der Waals surface area contributed by atoms with E-state index < -0.39 is 11.7 Å².